The van der Waals surface area contributed by atoms with Crippen molar-refractivity contribution in [3.05, 3.63) is 72.4 Å². The Labute approximate surface area is 199 Å². The third-order valence-electron chi connectivity index (χ3n) is 6.57. The predicted octanol–water partition coefficient (Wildman–Crippen LogP) is 3.36. The lowest BCUT2D eigenvalue weighted by Gasteiger charge is -2.16. The van der Waals surface area contributed by atoms with Crippen LogP contribution in [0.25, 0.3) is 16.6 Å². The second-order valence-electron chi connectivity index (χ2n) is 9.13. The van der Waals surface area contributed by atoms with Gasteiger partial charge in [0.1, 0.15) is 12.7 Å². The van der Waals surface area contributed by atoms with E-state index >= 15 is 0 Å². The van der Waals surface area contributed by atoms with Crippen LogP contribution >= 0.6 is 0 Å². The molecule has 176 valence electrons. The quantitative estimate of drug-likeness (QED) is 0.359. The van der Waals surface area contributed by atoms with Crippen molar-refractivity contribution in [1.82, 2.24) is 30.0 Å². The van der Waals surface area contributed by atoms with Gasteiger partial charge in [-0.2, -0.15) is 0 Å². The first-order chi connectivity index (χ1) is 16.6. The molecule has 0 saturated carbocycles. The van der Waals surface area contributed by atoms with Crippen LogP contribution < -0.4 is 10.6 Å². The van der Waals surface area contributed by atoms with E-state index in [4.69, 9.17) is 0 Å². The Bertz CT molecular complexity index is 1230. The van der Waals surface area contributed by atoms with Gasteiger partial charge in [0.2, 0.25) is 5.91 Å². The van der Waals surface area contributed by atoms with Crippen molar-refractivity contribution < 1.29 is 4.79 Å². The van der Waals surface area contributed by atoms with Crippen molar-refractivity contribution in [2.75, 3.05) is 31.5 Å². The van der Waals surface area contributed by atoms with Gasteiger partial charge in [0.25, 0.3) is 0 Å². The average molecular weight is 458 g/mol. The Morgan fingerprint density at radius 1 is 1.15 bits per heavy atom. The summed E-state index contributed by atoms with van der Waals surface area (Å²) in [5.41, 5.74) is 5.67. The molecule has 0 bridgehead atoms. The summed E-state index contributed by atoms with van der Waals surface area (Å²) in [5, 5.41) is 15.5. The molecule has 3 heterocycles. The van der Waals surface area contributed by atoms with Crippen molar-refractivity contribution in [2.45, 2.75) is 26.3 Å². The average Bonchev–Trinajstić information content (AvgIpc) is 3.59. The molecular formula is C26H31N7O. The van der Waals surface area contributed by atoms with Gasteiger partial charge < -0.3 is 20.5 Å². The molecule has 2 aromatic carbocycles. The number of carbonyl (C=O) groups is 1. The van der Waals surface area contributed by atoms with E-state index in [-0.39, 0.29) is 5.91 Å². The first-order valence-corrected chi connectivity index (χ1v) is 11.9. The number of likely N-dealkylation sites (tertiary alicyclic amines) is 1. The van der Waals surface area contributed by atoms with Crippen LogP contribution in [-0.4, -0.2) is 56.7 Å². The third kappa shape index (κ3) is 5.35. The number of benzene rings is 2. The zero-order valence-electron chi connectivity index (χ0n) is 19.5. The molecule has 4 aromatic rings. The molecule has 0 aliphatic carbocycles. The van der Waals surface area contributed by atoms with Crippen molar-refractivity contribution in [3.63, 3.8) is 0 Å². The Kier molecular flexibility index (Phi) is 6.69. The first kappa shape index (κ1) is 22.3. The van der Waals surface area contributed by atoms with Gasteiger partial charge in [-0.25, -0.2) is 0 Å². The first-order valence-electron chi connectivity index (χ1n) is 11.9. The minimum Gasteiger partial charge on any atom is -0.361 e. The Morgan fingerprint density at radius 2 is 1.97 bits per heavy atom. The Hall–Kier alpha value is -3.49. The van der Waals surface area contributed by atoms with Crippen molar-refractivity contribution in [2.24, 2.45) is 5.92 Å². The van der Waals surface area contributed by atoms with Crippen molar-refractivity contribution in [1.29, 1.82) is 0 Å². The van der Waals surface area contributed by atoms with Crippen LogP contribution in [0, 0.1) is 5.92 Å². The third-order valence-corrected chi connectivity index (χ3v) is 6.57. The predicted molar refractivity (Wildman–Crippen MR) is 134 cm³/mol. The fourth-order valence-corrected chi connectivity index (χ4v) is 4.76. The zero-order valence-corrected chi connectivity index (χ0v) is 19.5. The minimum absolute atomic E-state index is 0.0434. The molecule has 0 spiro atoms. The summed E-state index contributed by atoms with van der Waals surface area (Å²) in [6, 6.07) is 14.5. The fraction of sp³-hybridized carbons (Fsp3) is 0.346. The maximum Gasteiger partial charge on any atom is 0.221 e. The lowest BCUT2D eigenvalue weighted by Crippen LogP contribution is -2.27. The highest BCUT2D eigenvalue weighted by molar-refractivity contribution is 5.88. The fourth-order valence-electron chi connectivity index (χ4n) is 4.76. The number of anilines is 1. The number of hydrogen-bond donors (Lipinski definition) is 3. The number of fused-ring (bicyclic) bond motifs is 1. The molecule has 0 radical (unpaired) electrons. The molecule has 8 nitrogen and oxygen atoms in total. The Morgan fingerprint density at radius 3 is 2.76 bits per heavy atom. The van der Waals surface area contributed by atoms with E-state index in [2.05, 4.69) is 67.2 Å². The molecule has 1 amide bonds. The van der Waals surface area contributed by atoms with E-state index in [1.807, 2.05) is 16.7 Å². The van der Waals surface area contributed by atoms with Gasteiger partial charge in [-0.3, -0.25) is 9.36 Å². The maximum atomic E-state index is 11.1. The van der Waals surface area contributed by atoms with Crippen molar-refractivity contribution in [3.8, 4) is 5.69 Å². The summed E-state index contributed by atoms with van der Waals surface area (Å²) >= 11 is 0. The van der Waals surface area contributed by atoms with Crippen LogP contribution in [0.3, 0.4) is 0 Å². The number of rotatable bonds is 9. The second kappa shape index (κ2) is 10.2. The SMILES string of the molecule is CC(=O)Nc1ccc(CNC[C@@H]2CCN(CCc3c[nH]c4ccc(-n5cnnc5)cc34)C2)cc1. The number of H-pyrrole nitrogens is 1. The second-order valence-corrected chi connectivity index (χ2v) is 9.13. The van der Waals surface area contributed by atoms with E-state index < -0.39 is 0 Å². The normalized spacial score (nSPS) is 16.3. The van der Waals surface area contributed by atoms with Crippen LogP contribution in [0.2, 0.25) is 0 Å². The van der Waals surface area contributed by atoms with Gasteiger partial charge >= 0.3 is 0 Å². The standard InChI is InChI=1S/C26H31N7O/c1-19(34)31-23-4-2-20(3-5-23)13-27-14-21-8-10-32(16-21)11-9-22-15-28-26-7-6-24(12-25(22)26)33-17-29-30-18-33/h2-7,12,15,17-18,21,27-28H,8-11,13-14,16H2,1H3,(H,31,34)/t21-/m0/s1. The van der Waals surface area contributed by atoms with Crippen LogP contribution in [0.5, 0.6) is 0 Å². The zero-order chi connectivity index (χ0) is 23.3. The molecule has 8 heteroatoms. The highest BCUT2D eigenvalue weighted by atomic mass is 16.1. The number of nitrogens with one attached hydrogen (secondary N) is 3. The number of amides is 1. The van der Waals surface area contributed by atoms with E-state index in [9.17, 15) is 4.79 Å². The summed E-state index contributed by atoms with van der Waals surface area (Å²) in [6.07, 6.45) is 7.87. The minimum atomic E-state index is -0.0434. The highest BCUT2D eigenvalue weighted by Crippen LogP contribution is 2.23. The van der Waals surface area contributed by atoms with Gasteiger partial charge in [0.05, 0.1) is 0 Å². The van der Waals surface area contributed by atoms with Gasteiger partial charge in [0, 0.05) is 55.0 Å². The maximum absolute atomic E-state index is 11.1. The van der Waals surface area contributed by atoms with Crippen LogP contribution in [-0.2, 0) is 17.8 Å². The molecule has 0 unspecified atom stereocenters. The van der Waals surface area contributed by atoms with Gasteiger partial charge in [-0.15, -0.1) is 10.2 Å². The molecule has 3 N–H and O–H groups in total. The lowest BCUT2D eigenvalue weighted by atomic mass is 10.1. The summed E-state index contributed by atoms with van der Waals surface area (Å²) < 4.78 is 1.94. The monoisotopic (exact) mass is 457 g/mol. The highest BCUT2D eigenvalue weighted by Gasteiger charge is 2.22. The molecule has 1 saturated heterocycles. The smallest absolute Gasteiger partial charge is 0.221 e. The van der Waals surface area contributed by atoms with E-state index in [1.54, 1.807) is 12.7 Å². The molecule has 1 aliphatic rings. The summed E-state index contributed by atoms with van der Waals surface area (Å²) in [4.78, 5) is 17.1. The molecule has 5 rings (SSSR count). The number of aromatic amines is 1. The molecule has 1 atom stereocenters. The molecule has 34 heavy (non-hydrogen) atoms. The molecule has 1 fully saturated rings. The van der Waals surface area contributed by atoms with Crippen LogP contribution in [0.15, 0.2) is 61.3 Å². The summed E-state index contributed by atoms with van der Waals surface area (Å²) in [5.74, 6) is 0.639. The van der Waals surface area contributed by atoms with E-state index in [0.29, 0.717) is 5.92 Å². The van der Waals surface area contributed by atoms with Crippen LogP contribution in [0.4, 0.5) is 5.69 Å². The number of hydrogen-bond acceptors (Lipinski definition) is 5. The number of aromatic nitrogens is 4. The van der Waals surface area contributed by atoms with Crippen molar-refractivity contribution >= 4 is 22.5 Å². The summed E-state index contributed by atoms with van der Waals surface area (Å²) in [7, 11) is 0. The van der Waals surface area contributed by atoms with E-state index in [1.165, 1.54) is 35.4 Å². The Balaban J connectivity index is 1.08. The van der Waals surface area contributed by atoms with Gasteiger partial charge in [0.15, 0.2) is 0 Å². The summed E-state index contributed by atoms with van der Waals surface area (Å²) in [6.45, 7) is 6.78. The molecular weight excluding hydrogens is 426 g/mol. The van der Waals surface area contributed by atoms with E-state index in [0.717, 1.165) is 50.5 Å². The van der Waals surface area contributed by atoms with Gasteiger partial charge in [-0.1, -0.05) is 12.1 Å². The van der Waals surface area contributed by atoms with Gasteiger partial charge in [-0.05, 0) is 73.3 Å². The van der Waals surface area contributed by atoms with Crippen LogP contribution in [0.1, 0.15) is 24.5 Å². The largest absolute Gasteiger partial charge is 0.361 e. The number of carbonyl (C=O) groups excluding carboxylic acids is 1. The number of nitrogens with zero attached hydrogens (tertiary/aromatic N) is 4. The molecule has 1 aliphatic heterocycles. The lowest BCUT2D eigenvalue weighted by molar-refractivity contribution is -0.114. The topological polar surface area (TPSA) is 90.9 Å². The molecule has 2 aromatic heterocycles.